The normalized spacial score (nSPS) is 25.2. The Hall–Kier alpha value is -1.97. The summed E-state index contributed by atoms with van der Waals surface area (Å²) in [6.45, 7) is 2.39. The van der Waals surface area contributed by atoms with Gasteiger partial charge in [0.1, 0.15) is 0 Å². The number of thiophene rings is 1. The molecule has 0 N–H and O–H groups in total. The first kappa shape index (κ1) is 16.2. The highest BCUT2D eigenvalue weighted by molar-refractivity contribution is 7.17. The number of piperidine rings is 1. The summed E-state index contributed by atoms with van der Waals surface area (Å²) in [5.74, 6) is 1.45. The molecule has 1 fully saturated rings. The molecule has 2 nitrogen and oxygen atoms in total. The molecule has 3 atom stereocenters. The average molecular weight is 361 g/mol. The molecule has 1 aromatic carbocycles. The van der Waals surface area contributed by atoms with E-state index in [1.807, 2.05) is 23.7 Å². The minimum Gasteiger partial charge on any atom is -0.296 e. The molecular weight excluding hydrogens is 336 g/mol. The van der Waals surface area contributed by atoms with Crippen LogP contribution in [0, 0.1) is 11.8 Å². The second-order valence-corrected chi connectivity index (χ2v) is 8.61. The number of nitrogens with zero attached hydrogens (tertiary/aromatic N) is 2. The highest BCUT2D eigenvalue weighted by Crippen LogP contribution is 2.36. The lowest BCUT2D eigenvalue weighted by Crippen LogP contribution is -2.51. The number of fused-ring (bicyclic) bond motifs is 3. The molecule has 1 saturated heterocycles. The van der Waals surface area contributed by atoms with E-state index >= 15 is 0 Å². The lowest BCUT2D eigenvalue weighted by atomic mass is 9.75. The highest BCUT2D eigenvalue weighted by Gasteiger charge is 2.37. The van der Waals surface area contributed by atoms with Gasteiger partial charge < -0.3 is 0 Å². The van der Waals surface area contributed by atoms with Crippen LogP contribution in [0.4, 0.5) is 0 Å². The lowest BCUT2D eigenvalue weighted by Gasteiger charge is -2.46. The minimum atomic E-state index is 0.588. The van der Waals surface area contributed by atoms with Crippen molar-refractivity contribution in [1.29, 1.82) is 0 Å². The summed E-state index contributed by atoms with van der Waals surface area (Å²) in [6, 6.07) is 13.7. The SMILES string of the molecule is C1=CC2C(Cc3cccnc3)CC1CN2CCc1csc2ccccc12. The number of pyridine rings is 1. The van der Waals surface area contributed by atoms with Gasteiger partial charge in [-0.3, -0.25) is 9.88 Å². The first-order valence-electron chi connectivity index (χ1n) is 9.63. The Kier molecular flexibility index (Phi) is 4.35. The number of aromatic nitrogens is 1. The van der Waals surface area contributed by atoms with E-state index in [0.29, 0.717) is 6.04 Å². The molecule has 2 bridgehead atoms. The Bertz CT molecular complexity index is 914. The summed E-state index contributed by atoms with van der Waals surface area (Å²) < 4.78 is 1.41. The fraction of sp³-hybridized carbons (Fsp3) is 0.348. The van der Waals surface area contributed by atoms with Gasteiger partial charge in [-0.2, -0.15) is 0 Å². The Morgan fingerprint density at radius 2 is 2.08 bits per heavy atom. The van der Waals surface area contributed by atoms with Crippen molar-refractivity contribution < 1.29 is 0 Å². The third kappa shape index (κ3) is 3.10. The smallest absolute Gasteiger partial charge is 0.0345 e. The molecule has 2 aliphatic heterocycles. The maximum Gasteiger partial charge on any atom is 0.0345 e. The summed E-state index contributed by atoms with van der Waals surface area (Å²) >= 11 is 1.88. The summed E-state index contributed by atoms with van der Waals surface area (Å²) in [5, 5.41) is 3.80. The topological polar surface area (TPSA) is 16.1 Å². The van der Waals surface area contributed by atoms with E-state index in [0.717, 1.165) is 31.2 Å². The fourth-order valence-corrected chi connectivity index (χ4v) is 5.77. The molecule has 4 heterocycles. The molecule has 0 radical (unpaired) electrons. The Balaban J connectivity index is 1.29. The first-order valence-corrected chi connectivity index (χ1v) is 10.5. The van der Waals surface area contributed by atoms with Gasteiger partial charge in [0.15, 0.2) is 0 Å². The molecule has 3 unspecified atom stereocenters. The largest absolute Gasteiger partial charge is 0.296 e. The van der Waals surface area contributed by atoms with Gasteiger partial charge in [-0.15, -0.1) is 11.3 Å². The number of benzene rings is 1. The van der Waals surface area contributed by atoms with Crippen LogP contribution in [0.25, 0.3) is 10.1 Å². The van der Waals surface area contributed by atoms with Gasteiger partial charge in [0, 0.05) is 36.2 Å². The predicted molar refractivity (Wildman–Crippen MR) is 110 cm³/mol. The van der Waals surface area contributed by atoms with E-state index in [9.17, 15) is 0 Å². The molecule has 1 aliphatic carbocycles. The number of rotatable bonds is 5. The van der Waals surface area contributed by atoms with Crippen molar-refractivity contribution in [2.24, 2.45) is 11.8 Å². The van der Waals surface area contributed by atoms with E-state index in [-0.39, 0.29) is 0 Å². The quantitative estimate of drug-likeness (QED) is 0.598. The van der Waals surface area contributed by atoms with Crippen molar-refractivity contribution in [2.75, 3.05) is 13.1 Å². The van der Waals surface area contributed by atoms with Crippen LogP contribution in [0.2, 0.25) is 0 Å². The molecule has 3 aromatic rings. The monoisotopic (exact) mass is 360 g/mol. The van der Waals surface area contributed by atoms with Crippen LogP contribution in [0.15, 0.2) is 66.3 Å². The predicted octanol–water partition coefficient (Wildman–Crippen LogP) is 4.96. The summed E-state index contributed by atoms with van der Waals surface area (Å²) in [6.07, 6.45) is 12.5. The number of hydrogen-bond donors (Lipinski definition) is 0. The Morgan fingerprint density at radius 3 is 2.96 bits per heavy atom. The molecule has 0 amide bonds. The lowest BCUT2D eigenvalue weighted by molar-refractivity contribution is 0.0846. The van der Waals surface area contributed by atoms with Crippen molar-refractivity contribution in [1.82, 2.24) is 9.88 Å². The zero-order valence-corrected chi connectivity index (χ0v) is 15.7. The molecule has 6 rings (SSSR count). The molecule has 0 saturated carbocycles. The van der Waals surface area contributed by atoms with Crippen LogP contribution in [0.1, 0.15) is 17.5 Å². The zero-order chi connectivity index (χ0) is 17.3. The van der Waals surface area contributed by atoms with E-state index < -0.39 is 0 Å². The van der Waals surface area contributed by atoms with Crippen LogP contribution in [0.5, 0.6) is 0 Å². The van der Waals surface area contributed by atoms with Crippen LogP contribution in [-0.4, -0.2) is 29.0 Å². The van der Waals surface area contributed by atoms with Crippen molar-refractivity contribution in [3.63, 3.8) is 0 Å². The van der Waals surface area contributed by atoms with E-state index in [2.05, 4.69) is 63.8 Å². The van der Waals surface area contributed by atoms with Gasteiger partial charge >= 0.3 is 0 Å². The molecular formula is C23H24N2S. The van der Waals surface area contributed by atoms with Crippen LogP contribution >= 0.6 is 11.3 Å². The highest BCUT2D eigenvalue weighted by atomic mass is 32.1. The van der Waals surface area contributed by atoms with E-state index in [1.54, 1.807) is 0 Å². The first-order chi connectivity index (χ1) is 12.9. The maximum atomic E-state index is 4.30. The van der Waals surface area contributed by atoms with Crippen LogP contribution < -0.4 is 0 Å². The molecule has 26 heavy (non-hydrogen) atoms. The van der Waals surface area contributed by atoms with E-state index in [1.165, 1.54) is 34.2 Å². The molecule has 2 aromatic heterocycles. The molecule has 132 valence electrons. The second-order valence-electron chi connectivity index (χ2n) is 7.70. The standard InChI is InChI=1S/C23H24N2S/c1-2-6-23-21(5-1)19(16-26-23)9-11-25-15-18-7-8-22(25)20(13-18)12-17-4-3-10-24-14-17/h1-8,10,14,16,18,20,22H,9,11-13,15H2. The Labute approximate surface area is 159 Å². The second kappa shape index (κ2) is 6.98. The fourth-order valence-electron chi connectivity index (χ4n) is 4.77. The molecule has 0 spiro atoms. The van der Waals surface area contributed by atoms with Crippen molar-refractivity contribution in [3.05, 3.63) is 77.5 Å². The third-order valence-electron chi connectivity index (χ3n) is 6.01. The van der Waals surface area contributed by atoms with Gasteiger partial charge in [-0.1, -0.05) is 36.4 Å². The van der Waals surface area contributed by atoms with Gasteiger partial charge in [0.05, 0.1) is 0 Å². The average Bonchev–Trinajstić information content (AvgIpc) is 3.11. The van der Waals surface area contributed by atoms with Crippen molar-refractivity contribution in [3.8, 4) is 0 Å². The molecule has 3 heteroatoms. The van der Waals surface area contributed by atoms with Crippen LogP contribution in [0.3, 0.4) is 0 Å². The van der Waals surface area contributed by atoms with Gasteiger partial charge in [0.25, 0.3) is 0 Å². The third-order valence-corrected chi connectivity index (χ3v) is 7.02. The zero-order valence-electron chi connectivity index (χ0n) is 14.9. The molecule has 3 aliphatic rings. The van der Waals surface area contributed by atoms with Crippen molar-refractivity contribution >= 4 is 21.4 Å². The maximum absolute atomic E-state index is 4.30. The van der Waals surface area contributed by atoms with Crippen LogP contribution in [-0.2, 0) is 12.8 Å². The van der Waals surface area contributed by atoms with E-state index in [4.69, 9.17) is 0 Å². The van der Waals surface area contributed by atoms with Gasteiger partial charge in [-0.05, 0) is 65.1 Å². The Morgan fingerprint density at radius 1 is 1.12 bits per heavy atom. The van der Waals surface area contributed by atoms with Gasteiger partial charge in [-0.25, -0.2) is 0 Å². The minimum absolute atomic E-state index is 0.588. The number of hydrogen-bond acceptors (Lipinski definition) is 3. The summed E-state index contributed by atoms with van der Waals surface area (Å²) in [4.78, 5) is 7.02. The van der Waals surface area contributed by atoms with Gasteiger partial charge in [0.2, 0.25) is 0 Å². The van der Waals surface area contributed by atoms with Crippen molar-refractivity contribution in [2.45, 2.75) is 25.3 Å². The summed E-state index contributed by atoms with van der Waals surface area (Å²) in [5.41, 5.74) is 2.89. The summed E-state index contributed by atoms with van der Waals surface area (Å²) in [7, 11) is 0.